The largest absolute Gasteiger partial charge is 0.497 e. The fourth-order valence-electron chi connectivity index (χ4n) is 4.64. The maximum atomic E-state index is 12.4. The molecule has 2 heterocycles. The number of ether oxygens (including phenoxy) is 2. The highest BCUT2D eigenvalue weighted by Crippen LogP contribution is 2.34. The molecule has 7 nitrogen and oxygen atoms in total. The SMILES string of the molecule is COc1ccc2nc(Cl)c(/C=N\NC(=O)COc3ccc(-c4cc(-c5ccccc5)c5cc(Br)ccc5n4)cc3)cc2c1. The van der Waals surface area contributed by atoms with Gasteiger partial charge < -0.3 is 9.47 Å². The van der Waals surface area contributed by atoms with Crippen LogP contribution >= 0.6 is 27.5 Å². The number of hydrogen-bond acceptors (Lipinski definition) is 6. The Morgan fingerprint density at radius 2 is 1.65 bits per heavy atom. The number of fused-ring (bicyclic) bond motifs is 2. The minimum absolute atomic E-state index is 0.209. The average molecular weight is 652 g/mol. The van der Waals surface area contributed by atoms with Gasteiger partial charge in [-0.15, -0.1) is 0 Å². The number of carbonyl (C=O) groups is 1. The van der Waals surface area contributed by atoms with Gasteiger partial charge in [0, 0.05) is 26.4 Å². The highest BCUT2D eigenvalue weighted by atomic mass is 79.9. The van der Waals surface area contributed by atoms with E-state index in [0.29, 0.717) is 17.1 Å². The highest BCUT2D eigenvalue weighted by molar-refractivity contribution is 9.10. The molecule has 0 saturated carbocycles. The Morgan fingerprint density at radius 3 is 2.44 bits per heavy atom. The van der Waals surface area contributed by atoms with Crippen molar-refractivity contribution in [3.63, 3.8) is 0 Å². The number of hydrogen-bond donors (Lipinski definition) is 1. The van der Waals surface area contributed by atoms with E-state index in [1.165, 1.54) is 6.21 Å². The van der Waals surface area contributed by atoms with Crippen LogP contribution in [-0.2, 0) is 4.79 Å². The van der Waals surface area contributed by atoms with E-state index in [9.17, 15) is 4.79 Å². The Kier molecular flexibility index (Phi) is 8.31. The van der Waals surface area contributed by atoms with Crippen LogP contribution in [0.15, 0.2) is 113 Å². The summed E-state index contributed by atoms with van der Waals surface area (Å²) in [5.74, 6) is 0.838. The second-order valence-corrected chi connectivity index (χ2v) is 10.9. The van der Waals surface area contributed by atoms with Gasteiger partial charge in [0.25, 0.3) is 5.91 Å². The van der Waals surface area contributed by atoms with Crippen molar-refractivity contribution in [1.29, 1.82) is 0 Å². The molecular weight excluding hydrogens is 628 g/mol. The fourth-order valence-corrected chi connectivity index (χ4v) is 5.20. The van der Waals surface area contributed by atoms with E-state index >= 15 is 0 Å². The number of nitrogens with one attached hydrogen (secondary N) is 1. The zero-order chi connectivity index (χ0) is 29.8. The molecule has 9 heteroatoms. The molecule has 0 fully saturated rings. The molecule has 6 rings (SSSR count). The number of nitrogens with zero attached hydrogens (tertiary/aromatic N) is 3. The van der Waals surface area contributed by atoms with E-state index in [1.807, 2.05) is 78.9 Å². The molecule has 0 bridgehead atoms. The summed E-state index contributed by atoms with van der Waals surface area (Å²) in [7, 11) is 1.60. The molecule has 1 amide bonds. The van der Waals surface area contributed by atoms with Crippen molar-refractivity contribution < 1.29 is 14.3 Å². The summed E-state index contributed by atoms with van der Waals surface area (Å²) in [5, 5.41) is 6.19. The van der Waals surface area contributed by atoms with Gasteiger partial charge in [-0.3, -0.25) is 4.79 Å². The Labute approximate surface area is 261 Å². The van der Waals surface area contributed by atoms with Crippen molar-refractivity contribution in [2.24, 2.45) is 5.10 Å². The quantitative estimate of drug-likeness (QED) is 0.102. The normalized spacial score (nSPS) is 11.2. The third-order valence-corrected chi connectivity index (χ3v) is 7.57. The van der Waals surface area contributed by atoms with E-state index < -0.39 is 5.91 Å². The van der Waals surface area contributed by atoms with Crippen LogP contribution in [-0.4, -0.2) is 35.8 Å². The van der Waals surface area contributed by atoms with Crippen LogP contribution in [0.2, 0.25) is 5.15 Å². The predicted octanol–water partition coefficient (Wildman–Crippen LogP) is 8.07. The van der Waals surface area contributed by atoms with Gasteiger partial charge in [0.1, 0.15) is 16.7 Å². The van der Waals surface area contributed by atoms with Crippen molar-refractivity contribution in [1.82, 2.24) is 15.4 Å². The molecule has 0 aliphatic carbocycles. The van der Waals surface area contributed by atoms with Crippen LogP contribution in [0, 0.1) is 0 Å². The number of hydrazone groups is 1. The lowest BCUT2D eigenvalue weighted by Gasteiger charge is -2.11. The standard InChI is InChI=1S/C34H24BrClN4O3/c1-42-27-12-14-30-23(16-27)15-24(34(36)39-30)19-37-40-33(41)20-43-26-10-7-22(8-11-26)32-18-28(21-5-3-2-4-6-21)29-17-25(35)9-13-31(29)38-32/h2-19H,20H2,1H3,(H,40,41)/b37-19-. The molecule has 43 heavy (non-hydrogen) atoms. The van der Waals surface area contributed by atoms with Gasteiger partial charge in [0.15, 0.2) is 6.61 Å². The van der Waals surface area contributed by atoms with Gasteiger partial charge >= 0.3 is 0 Å². The first-order valence-corrected chi connectivity index (χ1v) is 14.5. The second-order valence-electron chi connectivity index (χ2n) is 9.62. The van der Waals surface area contributed by atoms with Gasteiger partial charge in [0.2, 0.25) is 0 Å². The summed E-state index contributed by atoms with van der Waals surface area (Å²) in [5.41, 5.74) is 8.63. The third-order valence-electron chi connectivity index (χ3n) is 6.77. The molecule has 0 aliphatic heterocycles. The molecule has 6 aromatic rings. The van der Waals surface area contributed by atoms with Gasteiger partial charge in [-0.1, -0.05) is 57.9 Å². The van der Waals surface area contributed by atoms with E-state index in [-0.39, 0.29) is 11.8 Å². The van der Waals surface area contributed by atoms with Crippen molar-refractivity contribution in [3.8, 4) is 33.9 Å². The molecule has 212 valence electrons. The minimum atomic E-state index is -0.415. The number of amides is 1. The first kappa shape index (κ1) is 28.3. The maximum Gasteiger partial charge on any atom is 0.277 e. The minimum Gasteiger partial charge on any atom is -0.497 e. The monoisotopic (exact) mass is 650 g/mol. The number of rotatable bonds is 8. The first-order chi connectivity index (χ1) is 21.0. The fraction of sp³-hybridized carbons (Fsp3) is 0.0588. The molecule has 4 aromatic carbocycles. The first-order valence-electron chi connectivity index (χ1n) is 13.3. The van der Waals surface area contributed by atoms with Crippen LogP contribution in [0.25, 0.3) is 44.2 Å². The third kappa shape index (κ3) is 6.51. The van der Waals surface area contributed by atoms with Gasteiger partial charge in [-0.2, -0.15) is 5.10 Å². The molecule has 0 unspecified atom stereocenters. The zero-order valence-corrected chi connectivity index (χ0v) is 25.3. The molecule has 0 aliphatic rings. The van der Waals surface area contributed by atoms with Crippen LogP contribution in [0.1, 0.15) is 5.56 Å². The highest BCUT2D eigenvalue weighted by Gasteiger charge is 2.11. The smallest absolute Gasteiger partial charge is 0.277 e. The number of benzene rings is 4. The second kappa shape index (κ2) is 12.6. The van der Waals surface area contributed by atoms with Crippen LogP contribution < -0.4 is 14.9 Å². The summed E-state index contributed by atoms with van der Waals surface area (Å²) in [6.45, 7) is -0.209. The summed E-state index contributed by atoms with van der Waals surface area (Å²) in [6.07, 6.45) is 1.44. The topological polar surface area (TPSA) is 85.7 Å². The Hall–Kier alpha value is -4.79. The van der Waals surface area contributed by atoms with Gasteiger partial charge in [0.05, 0.1) is 30.1 Å². The van der Waals surface area contributed by atoms with Gasteiger partial charge in [-0.25, -0.2) is 15.4 Å². The molecule has 1 N–H and O–H groups in total. The van der Waals surface area contributed by atoms with Crippen LogP contribution in [0.3, 0.4) is 0 Å². The predicted molar refractivity (Wildman–Crippen MR) is 175 cm³/mol. The Bertz CT molecular complexity index is 1980. The number of carbonyl (C=O) groups excluding carboxylic acids is 1. The molecule has 2 aromatic heterocycles. The van der Waals surface area contributed by atoms with Gasteiger partial charge in [-0.05, 0) is 83.9 Å². The van der Waals surface area contributed by atoms with E-state index in [4.69, 9.17) is 26.1 Å². The van der Waals surface area contributed by atoms with Crippen molar-refractivity contribution in [3.05, 3.63) is 118 Å². The summed E-state index contributed by atoms with van der Waals surface area (Å²) >= 11 is 9.87. The molecular formula is C34H24BrClN4O3. The number of pyridine rings is 2. The lowest BCUT2D eigenvalue weighted by Crippen LogP contribution is -2.24. The van der Waals surface area contributed by atoms with Crippen molar-refractivity contribution >= 4 is 61.5 Å². The van der Waals surface area contributed by atoms with Crippen LogP contribution in [0.4, 0.5) is 0 Å². The van der Waals surface area contributed by atoms with Crippen LogP contribution in [0.5, 0.6) is 11.5 Å². The molecule has 0 spiro atoms. The average Bonchev–Trinajstić information content (AvgIpc) is 3.04. The summed E-state index contributed by atoms with van der Waals surface area (Å²) < 4.78 is 11.9. The van der Waals surface area contributed by atoms with E-state index in [1.54, 1.807) is 7.11 Å². The lowest BCUT2D eigenvalue weighted by molar-refractivity contribution is -0.123. The van der Waals surface area contributed by atoms with E-state index in [2.05, 4.69) is 55.7 Å². The molecule has 0 atom stereocenters. The Balaban J connectivity index is 1.12. The maximum absolute atomic E-state index is 12.4. The summed E-state index contributed by atoms with van der Waals surface area (Å²) in [4.78, 5) is 21.6. The summed E-state index contributed by atoms with van der Waals surface area (Å²) in [6, 6.07) is 33.2. The van der Waals surface area contributed by atoms with E-state index in [0.717, 1.165) is 48.7 Å². The number of aromatic nitrogens is 2. The lowest BCUT2D eigenvalue weighted by atomic mass is 9.98. The van der Waals surface area contributed by atoms with Crippen molar-refractivity contribution in [2.45, 2.75) is 0 Å². The zero-order valence-electron chi connectivity index (χ0n) is 22.9. The number of methoxy groups -OCH3 is 1. The van der Waals surface area contributed by atoms with Crippen molar-refractivity contribution in [2.75, 3.05) is 13.7 Å². The number of halogens is 2. The Morgan fingerprint density at radius 1 is 0.884 bits per heavy atom. The molecule has 0 radical (unpaired) electrons. The molecule has 0 saturated heterocycles.